The van der Waals surface area contributed by atoms with Gasteiger partial charge in [-0.25, -0.2) is 0 Å². The first-order chi connectivity index (χ1) is 11.1. The first-order valence-electron chi connectivity index (χ1n) is 7.35. The van der Waals surface area contributed by atoms with Gasteiger partial charge in [0, 0.05) is 42.0 Å². The third-order valence-electron chi connectivity index (χ3n) is 3.52. The molecule has 0 fully saturated rings. The molecule has 116 valence electrons. The van der Waals surface area contributed by atoms with Crippen LogP contribution in [0.1, 0.15) is 12.5 Å². The zero-order valence-electron chi connectivity index (χ0n) is 12.9. The molecule has 1 amide bonds. The maximum atomic E-state index is 11.3. The van der Waals surface area contributed by atoms with Gasteiger partial charge < -0.3 is 16.0 Å². The molecular formula is C18H18N4O. The molecule has 0 radical (unpaired) electrons. The summed E-state index contributed by atoms with van der Waals surface area (Å²) >= 11 is 0. The van der Waals surface area contributed by atoms with E-state index < -0.39 is 0 Å². The highest BCUT2D eigenvalue weighted by atomic mass is 16.1. The molecule has 3 rings (SSSR count). The van der Waals surface area contributed by atoms with Gasteiger partial charge in [0.2, 0.25) is 5.91 Å². The number of nitrogens with zero attached hydrogens (tertiary/aromatic N) is 2. The van der Waals surface area contributed by atoms with Crippen molar-refractivity contribution in [2.45, 2.75) is 6.92 Å². The van der Waals surface area contributed by atoms with Crippen molar-refractivity contribution >= 4 is 23.0 Å². The Morgan fingerprint density at radius 3 is 2.87 bits per heavy atom. The van der Waals surface area contributed by atoms with E-state index in [-0.39, 0.29) is 5.91 Å². The van der Waals surface area contributed by atoms with Crippen LogP contribution in [0.4, 0.5) is 11.4 Å². The highest BCUT2D eigenvalue weighted by Crippen LogP contribution is 2.30. The van der Waals surface area contributed by atoms with E-state index in [1.54, 1.807) is 6.20 Å². The summed E-state index contributed by atoms with van der Waals surface area (Å²) < 4.78 is 0. The summed E-state index contributed by atoms with van der Waals surface area (Å²) in [5.41, 5.74) is 10.5. The molecule has 0 atom stereocenters. The van der Waals surface area contributed by atoms with E-state index in [1.165, 1.54) is 6.92 Å². The molecular weight excluding hydrogens is 288 g/mol. The normalized spacial score (nSPS) is 14.0. The average Bonchev–Trinajstić information content (AvgIpc) is 2.55. The second-order valence-electron chi connectivity index (χ2n) is 5.35. The Bertz CT molecular complexity index is 781. The molecule has 1 aliphatic heterocycles. The van der Waals surface area contributed by atoms with Crippen molar-refractivity contribution in [1.82, 2.24) is 4.98 Å². The van der Waals surface area contributed by atoms with E-state index in [0.717, 1.165) is 28.3 Å². The summed E-state index contributed by atoms with van der Waals surface area (Å²) in [6, 6.07) is 11.6. The average molecular weight is 306 g/mol. The number of hydrogen-bond acceptors (Lipinski definition) is 4. The smallest absolute Gasteiger partial charge is 0.221 e. The van der Waals surface area contributed by atoms with Crippen molar-refractivity contribution in [3.05, 3.63) is 72.2 Å². The van der Waals surface area contributed by atoms with Crippen LogP contribution in [-0.2, 0) is 4.79 Å². The zero-order chi connectivity index (χ0) is 16.2. The molecule has 0 aliphatic carbocycles. The summed E-state index contributed by atoms with van der Waals surface area (Å²) in [6.07, 6.45) is 7.47. The van der Waals surface area contributed by atoms with Gasteiger partial charge in [-0.05, 0) is 42.5 Å². The van der Waals surface area contributed by atoms with Crippen LogP contribution >= 0.6 is 0 Å². The third kappa shape index (κ3) is 3.40. The Hall–Kier alpha value is -3.08. The summed E-state index contributed by atoms with van der Waals surface area (Å²) in [5, 5.41) is 2.81. The number of rotatable bonds is 3. The zero-order valence-corrected chi connectivity index (χ0v) is 12.9. The Kier molecular flexibility index (Phi) is 4.10. The number of aromatic nitrogens is 1. The Balaban J connectivity index is 1.99. The van der Waals surface area contributed by atoms with Crippen molar-refractivity contribution in [2.24, 2.45) is 5.73 Å². The third-order valence-corrected chi connectivity index (χ3v) is 3.52. The Morgan fingerprint density at radius 1 is 1.26 bits per heavy atom. The van der Waals surface area contributed by atoms with E-state index in [4.69, 9.17) is 5.73 Å². The lowest BCUT2D eigenvalue weighted by molar-refractivity contribution is -0.114. The summed E-state index contributed by atoms with van der Waals surface area (Å²) in [7, 11) is 0. The van der Waals surface area contributed by atoms with Crippen molar-refractivity contribution < 1.29 is 4.79 Å². The summed E-state index contributed by atoms with van der Waals surface area (Å²) in [6.45, 7) is 2.08. The number of nitrogens with one attached hydrogen (secondary N) is 1. The number of benzene rings is 1. The van der Waals surface area contributed by atoms with Crippen molar-refractivity contribution in [2.75, 3.05) is 16.8 Å². The highest BCUT2D eigenvalue weighted by Gasteiger charge is 2.18. The number of allylic oxidation sites excluding steroid dienone is 2. The van der Waals surface area contributed by atoms with Crippen LogP contribution in [0.3, 0.4) is 0 Å². The van der Waals surface area contributed by atoms with Crippen molar-refractivity contribution in [3.8, 4) is 0 Å². The molecule has 1 aromatic heterocycles. The van der Waals surface area contributed by atoms with Crippen LogP contribution in [0.2, 0.25) is 0 Å². The predicted octanol–water partition coefficient (Wildman–Crippen LogP) is 2.74. The first-order valence-corrected chi connectivity index (χ1v) is 7.35. The highest BCUT2D eigenvalue weighted by molar-refractivity contribution is 5.90. The van der Waals surface area contributed by atoms with E-state index in [2.05, 4.69) is 15.2 Å². The molecule has 0 bridgehead atoms. The quantitative estimate of drug-likeness (QED) is 0.914. The van der Waals surface area contributed by atoms with Gasteiger partial charge in [0.25, 0.3) is 0 Å². The molecule has 0 saturated heterocycles. The molecule has 1 aliphatic rings. The predicted molar refractivity (Wildman–Crippen MR) is 92.6 cm³/mol. The van der Waals surface area contributed by atoms with Crippen LogP contribution in [0.5, 0.6) is 0 Å². The van der Waals surface area contributed by atoms with E-state index >= 15 is 0 Å². The van der Waals surface area contributed by atoms with Crippen LogP contribution in [0.25, 0.3) is 5.70 Å². The van der Waals surface area contributed by atoms with Gasteiger partial charge in [-0.15, -0.1) is 0 Å². The second-order valence-corrected chi connectivity index (χ2v) is 5.35. The summed E-state index contributed by atoms with van der Waals surface area (Å²) in [5.74, 6) is -0.0942. The number of hydrogen-bond donors (Lipinski definition) is 2. The van der Waals surface area contributed by atoms with Gasteiger partial charge in [0.1, 0.15) is 0 Å². The lowest BCUT2D eigenvalue weighted by atomic mass is 10.1. The number of anilines is 2. The fourth-order valence-electron chi connectivity index (χ4n) is 2.55. The molecule has 1 aromatic carbocycles. The first kappa shape index (κ1) is 14.8. The number of pyridine rings is 1. The molecule has 23 heavy (non-hydrogen) atoms. The topological polar surface area (TPSA) is 71.2 Å². The number of carbonyl (C=O) groups is 1. The molecule has 5 nitrogen and oxygen atoms in total. The number of nitrogens with two attached hydrogens (primary N) is 1. The van der Waals surface area contributed by atoms with E-state index in [9.17, 15) is 4.79 Å². The van der Waals surface area contributed by atoms with Crippen LogP contribution < -0.4 is 16.0 Å². The maximum absolute atomic E-state index is 11.3. The second kappa shape index (κ2) is 6.36. The van der Waals surface area contributed by atoms with Gasteiger partial charge in [-0.2, -0.15) is 0 Å². The standard InChI is InChI=1S/C18H18N4O/c1-13(23)21-16-5-2-6-17(10-16)22-12-15(19)7-8-18(22)14-4-3-9-20-11-14/h2-11H,12,19H2,1H3,(H,21,23). The fraction of sp³-hybridized carbons (Fsp3) is 0.111. The monoisotopic (exact) mass is 306 g/mol. The molecule has 0 unspecified atom stereocenters. The van der Waals surface area contributed by atoms with E-state index in [0.29, 0.717) is 6.54 Å². The van der Waals surface area contributed by atoms with Crippen molar-refractivity contribution in [1.29, 1.82) is 0 Å². The molecule has 2 heterocycles. The SMILES string of the molecule is CC(=O)Nc1cccc(N2CC(N)=CC=C2c2cccnc2)c1. The van der Waals surface area contributed by atoms with Crippen LogP contribution in [0, 0.1) is 0 Å². The van der Waals surface area contributed by atoms with Crippen LogP contribution in [0.15, 0.2) is 66.6 Å². The molecule has 3 N–H and O–H groups in total. The molecule has 0 saturated carbocycles. The molecule has 5 heteroatoms. The van der Waals surface area contributed by atoms with E-state index in [1.807, 2.05) is 54.7 Å². The van der Waals surface area contributed by atoms with Gasteiger partial charge in [-0.1, -0.05) is 6.07 Å². The minimum absolute atomic E-state index is 0.0942. The summed E-state index contributed by atoms with van der Waals surface area (Å²) in [4.78, 5) is 17.6. The van der Waals surface area contributed by atoms with Crippen molar-refractivity contribution in [3.63, 3.8) is 0 Å². The minimum atomic E-state index is -0.0942. The van der Waals surface area contributed by atoms with Gasteiger partial charge in [0.05, 0.1) is 12.2 Å². The maximum Gasteiger partial charge on any atom is 0.221 e. The van der Waals surface area contributed by atoms with Gasteiger partial charge >= 0.3 is 0 Å². The number of amides is 1. The van der Waals surface area contributed by atoms with Crippen LogP contribution in [-0.4, -0.2) is 17.4 Å². The van der Waals surface area contributed by atoms with Gasteiger partial charge in [0.15, 0.2) is 0 Å². The largest absolute Gasteiger partial charge is 0.401 e. The minimum Gasteiger partial charge on any atom is -0.401 e. The molecule has 0 spiro atoms. The Morgan fingerprint density at radius 2 is 2.13 bits per heavy atom. The lowest BCUT2D eigenvalue weighted by Crippen LogP contribution is -2.29. The van der Waals surface area contributed by atoms with Gasteiger partial charge in [-0.3, -0.25) is 9.78 Å². The molecule has 2 aromatic rings. The fourth-order valence-corrected chi connectivity index (χ4v) is 2.55. The number of carbonyl (C=O) groups excluding carboxylic acids is 1. The lowest BCUT2D eigenvalue weighted by Gasteiger charge is -2.30. The Labute approximate surface area is 135 Å².